The van der Waals surface area contributed by atoms with Crippen LogP contribution in [-0.2, 0) is 27.2 Å². The lowest BCUT2D eigenvalue weighted by atomic mass is 9.99. The summed E-state index contributed by atoms with van der Waals surface area (Å²) in [7, 11) is 0. The fourth-order valence-corrected chi connectivity index (χ4v) is 6.24. The molecule has 5 atom stereocenters. The van der Waals surface area contributed by atoms with Crippen LogP contribution in [0, 0.1) is 0 Å². The Morgan fingerprint density at radius 2 is 1.89 bits per heavy atom. The molecule has 246 valence electrons. The van der Waals surface area contributed by atoms with Crippen molar-refractivity contribution in [3.63, 3.8) is 0 Å². The van der Waals surface area contributed by atoms with E-state index in [0.29, 0.717) is 45.0 Å². The van der Waals surface area contributed by atoms with Crippen molar-refractivity contribution in [3.05, 3.63) is 69.2 Å². The van der Waals surface area contributed by atoms with E-state index in [0.717, 1.165) is 23.8 Å². The van der Waals surface area contributed by atoms with Gasteiger partial charge in [0, 0.05) is 29.7 Å². The number of aromatic nitrogens is 6. The predicted molar refractivity (Wildman–Crippen MR) is 164 cm³/mol. The first-order valence-corrected chi connectivity index (χ1v) is 15.6. The SMILES string of the molecule is CCCCc1nc(Cl)c(C(=O)O[C@@H]2O[C@H](C(=O)[O-])[C@@H](O)[C@H](O)[C@H]2O)n1Cc1ccc2oc(-c3ccccc3-c3nnn[n-]3)c(Br)c2c1. The van der Waals surface area contributed by atoms with Gasteiger partial charge < -0.3 is 48.8 Å². The number of esters is 1. The Bertz CT molecular complexity index is 1930. The summed E-state index contributed by atoms with van der Waals surface area (Å²) >= 11 is 10.1. The highest BCUT2D eigenvalue weighted by molar-refractivity contribution is 9.10. The van der Waals surface area contributed by atoms with Crippen LogP contribution < -0.4 is 10.2 Å². The molecule has 1 saturated heterocycles. The number of tetrazole rings is 1. The number of rotatable bonds is 10. The quantitative estimate of drug-likeness (QED) is 0.174. The molecule has 15 nitrogen and oxygen atoms in total. The van der Waals surface area contributed by atoms with Crippen LogP contribution in [0.3, 0.4) is 0 Å². The number of hydrogen-bond acceptors (Lipinski definition) is 13. The van der Waals surface area contributed by atoms with E-state index < -0.39 is 42.6 Å². The Labute approximate surface area is 279 Å². The Morgan fingerprint density at radius 1 is 1.13 bits per heavy atom. The summed E-state index contributed by atoms with van der Waals surface area (Å²) in [5.41, 5.74) is 2.51. The number of unbranched alkanes of at least 4 members (excludes halogenated alkanes) is 1. The van der Waals surface area contributed by atoms with Gasteiger partial charge in [0.05, 0.1) is 10.4 Å². The van der Waals surface area contributed by atoms with Gasteiger partial charge in [-0.05, 0) is 45.6 Å². The number of aliphatic hydroxyl groups is 3. The molecule has 17 heteroatoms. The number of halogens is 2. The summed E-state index contributed by atoms with van der Waals surface area (Å²) < 4.78 is 18.8. The molecule has 0 saturated carbocycles. The summed E-state index contributed by atoms with van der Waals surface area (Å²) in [6.45, 7) is 2.11. The van der Waals surface area contributed by atoms with E-state index in [2.05, 4.69) is 41.5 Å². The van der Waals surface area contributed by atoms with Gasteiger partial charge in [-0.25, -0.2) is 9.78 Å². The number of aliphatic carboxylic acids is 1. The van der Waals surface area contributed by atoms with E-state index in [1.54, 1.807) is 10.6 Å². The molecule has 0 radical (unpaired) electrons. The predicted octanol–water partition coefficient (Wildman–Crippen LogP) is 1.63. The lowest BCUT2D eigenvalue weighted by Crippen LogP contribution is -2.62. The fourth-order valence-electron chi connectivity index (χ4n) is 5.36. The summed E-state index contributed by atoms with van der Waals surface area (Å²) in [6.07, 6.45) is -7.95. The van der Waals surface area contributed by atoms with Gasteiger partial charge in [0.2, 0.25) is 6.29 Å². The van der Waals surface area contributed by atoms with E-state index in [4.69, 9.17) is 25.5 Å². The van der Waals surface area contributed by atoms with E-state index in [-0.39, 0.29) is 17.4 Å². The molecule has 0 amide bonds. The van der Waals surface area contributed by atoms with Crippen LogP contribution in [0.5, 0.6) is 0 Å². The van der Waals surface area contributed by atoms with Gasteiger partial charge in [-0.2, -0.15) is 5.21 Å². The van der Waals surface area contributed by atoms with Gasteiger partial charge in [0.25, 0.3) is 0 Å². The number of hydrogen-bond donors (Lipinski definition) is 3. The maximum atomic E-state index is 13.5. The number of aliphatic hydroxyl groups excluding tert-OH is 3. The van der Waals surface area contributed by atoms with Gasteiger partial charge in [-0.3, -0.25) is 10.3 Å². The van der Waals surface area contributed by atoms with Crippen LogP contribution in [-0.4, -0.2) is 83.0 Å². The van der Waals surface area contributed by atoms with E-state index in [1.807, 2.05) is 43.3 Å². The van der Waals surface area contributed by atoms with Gasteiger partial charge in [-0.1, -0.05) is 55.3 Å². The minimum absolute atomic E-state index is 0.110. The largest absolute Gasteiger partial charge is 0.547 e. The molecular formula is C30H26BrClN6O9-2. The Balaban J connectivity index is 1.33. The van der Waals surface area contributed by atoms with Gasteiger partial charge >= 0.3 is 5.97 Å². The molecule has 3 aromatic heterocycles. The number of carbonyl (C=O) groups is 2. The van der Waals surface area contributed by atoms with E-state index in [1.165, 1.54) is 0 Å². The maximum absolute atomic E-state index is 13.5. The summed E-state index contributed by atoms with van der Waals surface area (Å²) in [4.78, 5) is 29.3. The number of nitrogens with zero attached hydrogens (tertiary/aromatic N) is 6. The number of carboxylic acid groups (broad SMARTS) is 1. The van der Waals surface area contributed by atoms with Crippen LogP contribution in [0.15, 0.2) is 51.4 Å². The van der Waals surface area contributed by atoms with Gasteiger partial charge in [0.15, 0.2) is 10.8 Å². The second kappa shape index (κ2) is 13.5. The van der Waals surface area contributed by atoms with Crippen molar-refractivity contribution >= 4 is 50.4 Å². The average molecular weight is 730 g/mol. The second-order valence-electron chi connectivity index (χ2n) is 10.8. The fraction of sp³-hybridized carbons (Fsp3) is 0.333. The standard InChI is InChI=1S/C30H28BrClN6O9/c1-2-3-8-18-33-26(32)20(29(44)47-30-23(41)21(39)22(40)25(46-30)28(42)43)38(18)12-13-9-10-17-16(11-13)19(31)24(45-17)14-6-4-5-7-15(14)27-34-36-37-35-27/h4-7,9-11,21-23,25,30,39-41H,2-3,8,12H2,1H3,(H2,34,35,36,37,42,43)/p-2/t21-,22-,23+,25-,30-/m0/s1. The third-order valence-electron chi connectivity index (χ3n) is 7.74. The van der Waals surface area contributed by atoms with Crippen LogP contribution in [0.1, 0.15) is 41.6 Å². The topological polar surface area (TPSA) is 220 Å². The molecule has 1 fully saturated rings. The first kappa shape index (κ1) is 32.7. The molecule has 0 bridgehead atoms. The zero-order chi connectivity index (χ0) is 33.4. The molecule has 6 rings (SSSR count). The van der Waals surface area contributed by atoms with Crippen LogP contribution >= 0.6 is 27.5 Å². The molecule has 0 spiro atoms. The smallest absolute Gasteiger partial charge is 0.360 e. The molecule has 1 aliphatic rings. The zero-order valence-electron chi connectivity index (χ0n) is 24.5. The number of fused-ring (bicyclic) bond motifs is 1. The Hall–Kier alpha value is -4.19. The summed E-state index contributed by atoms with van der Waals surface area (Å²) in [6, 6.07) is 12.9. The first-order valence-electron chi connectivity index (χ1n) is 14.4. The normalized spacial score (nSPS) is 21.3. The molecule has 0 unspecified atom stereocenters. The molecule has 2 aromatic carbocycles. The number of ether oxygens (including phenoxy) is 2. The number of carbonyl (C=O) groups excluding carboxylic acids is 2. The van der Waals surface area contributed by atoms with Gasteiger partial charge in [-0.15, -0.1) is 0 Å². The highest BCUT2D eigenvalue weighted by Gasteiger charge is 2.46. The average Bonchev–Trinajstić information content (AvgIpc) is 3.78. The van der Waals surface area contributed by atoms with Crippen LogP contribution in [0.4, 0.5) is 0 Å². The minimum Gasteiger partial charge on any atom is -0.547 e. The van der Waals surface area contributed by atoms with Crippen molar-refractivity contribution in [3.8, 4) is 22.7 Å². The highest BCUT2D eigenvalue weighted by atomic mass is 79.9. The number of benzene rings is 2. The molecular weight excluding hydrogens is 704 g/mol. The van der Waals surface area contributed by atoms with E-state index in [9.17, 15) is 30.0 Å². The van der Waals surface area contributed by atoms with Crippen molar-refractivity contribution in [2.75, 3.05) is 0 Å². The molecule has 5 aromatic rings. The minimum atomic E-state index is -2.06. The Morgan fingerprint density at radius 3 is 2.60 bits per heavy atom. The van der Waals surface area contributed by atoms with Crippen LogP contribution in [0.2, 0.25) is 5.15 Å². The third-order valence-corrected chi connectivity index (χ3v) is 8.79. The number of carboxylic acids is 1. The number of furan rings is 1. The molecule has 0 aliphatic carbocycles. The molecule has 47 heavy (non-hydrogen) atoms. The first-order chi connectivity index (χ1) is 22.6. The number of imidazole rings is 1. The van der Waals surface area contributed by atoms with Gasteiger partial charge in [0.1, 0.15) is 41.6 Å². The zero-order valence-corrected chi connectivity index (χ0v) is 26.8. The lowest BCUT2D eigenvalue weighted by Gasteiger charge is -2.40. The van der Waals surface area contributed by atoms with Crippen molar-refractivity contribution < 1.29 is 43.9 Å². The molecule has 3 N–H and O–H groups in total. The second-order valence-corrected chi connectivity index (χ2v) is 12.0. The molecule has 1 aliphatic heterocycles. The van der Waals surface area contributed by atoms with Crippen molar-refractivity contribution in [1.82, 2.24) is 30.2 Å². The van der Waals surface area contributed by atoms with E-state index >= 15 is 0 Å². The third kappa shape index (κ3) is 6.27. The molecule has 4 heterocycles. The monoisotopic (exact) mass is 728 g/mol. The van der Waals surface area contributed by atoms with Crippen molar-refractivity contribution in [2.24, 2.45) is 0 Å². The summed E-state index contributed by atoms with van der Waals surface area (Å²) in [5.74, 6) is -1.61. The lowest BCUT2D eigenvalue weighted by molar-refractivity contribution is -0.344. The Kier molecular flexibility index (Phi) is 9.41. The highest BCUT2D eigenvalue weighted by Crippen LogP contribution is 2.41. The maximum Gasteiger partial charge on any atom is 0.360 e. The summed E-state index contributed by atoms with van der Waals surface area (Å²) in [5, 5.41) is 57.5. The number of aryl methyl sites for hydroxylation is 1. The van der Waals surface area contributed by atoms with Crippen molar-refractivity contribution in [1.29, 1.82) is 0 Å². The van der Waals surface area contributed by atoms with Crippen LogP contribution in [0.25, 0.3) is 33.7 Å². The van der Waals surface area contributed by atoms with Crippen molar-refractivity contribution in [2.45, 2.75) is 63.4 Å².